The van der Waals surface area contributed by atoms with Crippen LogP contribution in [0.25, 0.3) is 0 Å². The molecule has 0 spiro atoms. The van der Waals surface area contributed by atoms with Crippen molar-refractivity contribution >= 4 is 21.8 Å². The Morgan fingerprint density at radius 2 is 1.75 bits per heavy atom. The van der Waals surface area contributed by atoms with E-state index < -0.39 is 10.2 Å². The second kappa shape index (κ2) is 6.92. The highest BCUT2D eigenvalue weighted by Gasteiger charge is 2.37. The fourth-order valence-corrected chi connectivity index (χ4v) is 5.46. The largest absolute Gasteiger partial charge is 0.306 e. The van der Waals surface area contributed by atoms with Gasteiger partial charge in [0.15, 0.2) is 0 Å². The summed E-state index contributed by atoms with van der Waals surface area (Å²) in [5.74, 6) is 0.396. The van der Waals surface area contributed by atoms with E-state index in [2.05, 4.69) is 19.0 Å². The van der Waals surface area contributed by atoms with Crippen LogP contribution in [-0.4, -0.2) is 73.6 Å². The highest BCUT2D eigenvalue weighted by Crippen LogP contribution is 2.26. The molecule has 2 fully saturated rings. The Hall–Kier alpha value is 0.120. The van der Waals surface area contributed by atoms with Gasteiger partial charge in [0, 0.05) is 37.6 Å². The van der Waals surface area contributed by atoms with Crippen molar-refractivity contribution in [3.05, 3.63) is 0 Å². The Kier molecular flexibility index (Phi) is 5.71. The van der Waals surface area contributed by atoms with Crippen LogP contribution in [0.2, 0.25) is 0 Å². The first-order chi connectivity index (χ1) is 9.46. The molecule has 0 radical (unpaired) electrons. The zero-order chi connectivity index (χ0) is 14.8. The van der Waals surface area contributed by atoms with Crippen LogP contribution in [0.15, 0.2) is 0 Å². The van der Waals surface area contributed by atoms with Gasteiger partial charge in [-0.1, -0.05) is 6.42 Å². The molecule has 5 nitrogen and oxygen atoms in total. The molecule has 0 N–H and O–H groups in total. The first-order valence-electron chi connectivity index (χ1n) is 7.46. The minimum Gasteiger partial charge on any atom is -0.306 e. The van der Waals surface area contributed by atoms with Crippen molar-refractivity contribution in [2.75, 3.05) is 39.6 Å². The van der Waals surface area contributed by atoms with E-state index in [4.69, 9.17) is 11.6 Å². The predicted molar refractivity (Wildman–Crippen MR) is 82.3 cm³/mol. The van der Waals surface area contributed by atoms with Crippen LogP contribution in [0.1, 0.15) is 32.1 Å². The highest BCUT2D eigenvalue weighted by atomic mass is 35.5. The third kappa shape index (κ3) is 3.47. The van der Waals surface area contributed by atoms with Gasteiger partial charge in [0.2, 0.25) is 0 Å². The summed E-state index contributed by atoms with van der Waals surface area (Å²) < 4.78 is 28.8. The summed E-state index contributed by atoms with van der Waals surface area (Å²) in [5.41, 5.74) is 0. The molecule has 2 aliphatic rings. The average molecular weight is 324 g/mol. The number of hydrogen-bond donors (Lipinski definition) is 0. The molecule has 1 unspecified atom stereocenters. The van der Waals surface area contributed by atoms with E-state index in [9.17, 15) is 8.42 Å². The van der Waals surface area contributed by atoms with E-state index in [1.165, 1.54) is 0 Å². The fourth-order valence-electron chi connectivity index (χ4n) is 3.17. The lowest BCUT2D eigenvalue weighted by Gasteiger charge is -2.40. The number of alkyl halides is 1. The Labute approximate surface area is 128 Å². The van der Waals surface area contributed by atoms with Crippen molar-refractivity contribution in [2.24, 2.45) is 0 Å². The maximum Gasteiger partial charge on any atom is 0.282 e. The summed E-state index contributed by atoms with van der Waals surface area (Å²) in [6, 6.07) is 0.466. The lowest BCUT2D eigenvalue weighted by Crippen LogP contribution is -2.54. The molecule has 0 aromatic rings. The zero-order valence-corrected chi connectivity index (χ0v) is 14.0. The number of halogens is 1. The van der Waals surface area contributed by atoms with Crippen molar-refractivity contribution in [1.29, 1.82) is 0 Å². The van der Waals surface area contributed by atoms with E-state index in [-0.39, 0.29) is 6.04 Å². The van der Waals surface area contributed by atoms with E-state index >= 15 is 0 Å². The van der Waals surface area contributed by atoms with Gasteiger partial charge in [-0.05, 0) is 39.8 Å². The van der Waals surface area contributed by atoms with Crippen molar-refractivity contribution in [3.63, 3.8) is 0 Å². The molecule has 118 valence electrons. The number of nitrogens with zero attached hydrogens (tertiary/aromatic N) is 3. The Balaban J connectivity index is 2.03. The van der Waals surface area contributed by atoms with Gasteiger partial charge in [0.25, 0.3) is 10.2 Å². The molecule has 0 aromatic heterocycles. The van der Waals surface area contributed by atoms with Crippen LogP contribution in [0.5, 0.6) is 0 Å². The first kappa shape index (κ1) is 16.5. The van der Waals surface area contributed by atoms with Crippen molar-refractivity contribution in [2.45, 2.75) is 44.2 Å². The Morgan fingerprint density at radius 3 is 2.30 bits per heavy atom. The maximum atomic E-state index is 12.8. The van der Waals surface area contributed by atoms with Gasteiger partial charge in [0.1, 0.15) is 0 Å². The molecule has 0 saturated carbocycles. The monoisotopic (exact) mass is 323 g/mol. The second-order valence-electron chi connectivity index (χ2n) is 6.02. The van der Waals surface area contributed by atoms with Gasteiger partial charge in [-0.2, -0.15) is 17.0 Å². The average Bonchev–Trinajstić information content (AvgIpc) is 2.47. The van der Waals surface area contributed by atoms with Crippen LogP contribution in [0.4, 0.5) is 0 Å². The lowest BCUT2D eigenvalue weighted by molar-refractivity contribution is 0.181. The quantitative estimate of drug-likeness (QED) is 0.734. The number of rotatable bonds is 4. The van der Waals surface area contributed by atoms with E-state index in [1.807, 2.05) is 0 Å². The molecule has 2 rings (SSSR count). The van der Waals surface area contributed by atoms with Gasteiger partial charge >= 0.3 is 0 Å². The van der Waals surface area contributed by atoms with Crippen LogP contribution in [-0.2, 0) is 10.2 Å². The van der Waals surface area contributed by atoms with Crippen molar-refractivity contribution in [3.8, 4) is 0 Å². The Morgan fingerprint density at radius 1 is 1.10 bits per heavy atom. The number of hydrogen-bond acceptors (Lipinski definition) is 3. The molecular weight excluding hydrogens is 298 g/mol. The smallest absolute Gasteiger partial charge is 0.282 e. The zero-order valence-electron chi connectivity index (χ0n) is 12.5. The van der Waals surface area contributed by atoms with Crippen molar-refractivity contribution < 1.29 is 8.42 Å². The normalized spacial score (nSPS) is 28.1. The maximum absolute atomic E-state index is 12.8. The van der Waals surface area contributed by atoms with Crippen LogP contribution in [0.3, 0.4) is 0 Å². The predicted octanol–water partition coefficient (Wildman–Crippen LogP) is 1.35. The Bertz CT molecular complexity index is 408. The molecule has 1 atom stereocenters. The minimum absolute atomic E-state index is 0.0259. The minimum atomic E-state index is -3.33. The summed E-state index contributed by atoms with van der Waals surface area (Å²) in [4.78, 5) is 2.19. The molecule has 2 aliphatic heterocycles. The molecule has 2 heterocycles. The van der Waals surface area contributed by atoms with E-state index in [0.29, 0.717) is 31.6 Å². The second-order valence-corrected chi connectivity index (χ2v) is 8.21. The summed E-state index contributed by atoms with van der Waals surface area (Å²) in [5, 5.41) is 0. The standard InChI is InChI=1S/C13H26ClN3O2S/c1-15(2)12-6-9-16(10-7-12)20(18,19)17-8-4-3-5-13(17)11-14/h12-13H,3-11H2,1-2H3. The fraction of sp³-hybridized carbons (Fsp3) is 1.00. The summed E-state index contributed by atoms with van der Waals surface area (Å²) in [6.07, 6.45) is 4.72. The molecule has 0 aliphatic carbocycles. The van der Waals surface area contributed by atoms with Gasteiger partial charge in [-0.3, -0.25) is 0 Å². The van der Waals surface area contributed by atoms with E-state index in [1.54, 1.807) is 8.61 Å². The molecule has 0 bridgehead atoms. The summed E-state index contributed by atoms with van der Waals surface area (Å²) in [6.45, 7) is 1.86. The molecule has 20 heavy (non-hydrogen) atoms. The lowest BCUT2D eigenvalue weighted by atomic mass is 10.1. The van der Waals surface area contributed by atoms with Gasteiger partial charge in [-0.15, -0.1) is 11.6 Å². The highest BCUT2D eigenvalue weighted by molar-refractivity contribution is 7.86. The van der Waals surface area contributed by atoms with Crippen molar-refractivity contribution in [1.82, 2.24) is 13.5 Å². The topological polar surface area (TPSA) is 43.9 Å². The summed E-state index contributed by atoms with van der Waals surface area (Å²) in [7, 11) is 0.785. The van der Waals surface area contributed by atoms with Crippen LogP contribution >= 0.6 is 11.6 Å². The van der Waals surface area contributed by atoms with Crippen LogP contribution in [0, 0.1) is 0 Å². The molecule has 7 heteroatoms. The van der Waals surface area contributed by atoms with Gasteiger partial charge in [-0.25, -0.2) is 0 Å². The third-order valence-electron chi connectivity index (χ3n) is 4.53. The number of piperidine rings is 2. The van der Waals surface area contributed by atoms with Gasteiger partial charge in [0.05, 0.1) is 0 Å². The van der Waals surface area contributed by atoms with Crippen LogP contribution < -0.4 is 0 Å². The first-order valence-corrected chi connectivity index (χ1v) is 9.39. The molecule has 2 saturated heterocycles. The SMILES string of the molecule is CN(C)C1CCN(S(=O)(=O)N2CCCCC2CCl)CC1. The molecule has 0 aromatic carbocycles. The summed E-state index contributed by atoms with van der Waals surface area (Å²) >= 11 is 5.95. The van der Waals surface area contributed by atoms with E-state index in [0.717, 1.165) is 32.1 Å². The molecular formula is C13H26ClN3O2S. The third-order valence-corrected chi connectivity index (χ3v) is 6.97. The molecule has 0 amide bonds. The van der Waals surface area contributed by atoms with Gasteiger partial charge < -0.3 is 4.90 Å².